The summed E-state index contributed by atoms with van der Waals surface area (Å²) in [6.07, 6.45) is 6.71. The van der Waals surface area contributed by atoms with Gasteiger partial charge in [0.15, 0.2) is 0 Å². The summed E-state index contributed by atoms with van der Waals surface area (Å²) in [5, 5.41) is 7.46. The molecule has 0 amide bonds. The van der Waals surface area contributed by atoms with Crippen LogP contribution in [-0.4, -0.2) is 19.3 Å². The highest BCUT2D eigenvalue weighted by molar-refractivity contribution is 6.09. The van der Waals surface area contributed by atoms with E-state index in [0.717, 1.165) is 46.2 Å². The predicted molar refractivity (Wildman–Crippen MR) is 190 cm³/mol. The molecule has 0 fully saturated rings. The van der Waals surface area contributed by atoms with Gasteiger partial charge in [0.05, 0.1) is 22.4 Å². The van der Waals surface area contributed by atoms with Crippen LogP contribution in [-0.2, 0) is 0 Å². The van der Waals surface area contributed by atoms with Crippen LogP contribution in [0.1, 0.15) is 81.8 Å². The molecule has 1 unspecified atom stereocenters. The van der Waals surface area contributed by atoms with Crippen LogP contribution in [0.3, 0.4) is 0 Å². The highest BCUT2D eigenvalue weighted by Crippen LogP contribution is 2.44. The van der Waals surface area contributed by atoms with E-state index in [4.69, 9.17) is 14.8 Å². The van der Waals surface area contributed by atoms with E-state index in [0.29, 0.717) is 23.7 Å². The summed E-state index contributed by atoms with van der Waals surface area (Å²) in [5.74, 6) is 4.54. The Hall–Kier alpha value is -4.64. The summed E-state index contributed by atoms with van der Waals surface area (Å²) in [6, 6.07) is 27.5. The van der Waals surface area contributed by atoms with Crippen molar-refractivity contribution in [2.75, 3.05) is 0 Å². The van der Waals surface area contributed by atoms with Crippen LogP contribution in [0.2, 0.25) is 0 Å². The van der Waals surface area contributed by atoms with E-state index >= 15 is 0 Å². The van der Waals surface area contributed by atoms with Crippen molar-refractivity contribution in [1.82, 2.24) is 19.3 Å². The number of benzene rings is 3. The van der Waals surface area contributed by atoms with Crippen LogP contribution in [0.5, 0.6) is 11.5 Å². The van der Waals surface area contributed by atoms with Crippen LogP contribution < -0.4 is 4.74 Å². The van der Waals surface area contributed by atoms with E-state index in [9.17, 15) is 0 Å². The highest BCUT2D eigenvalue weighted by Gasteiger charge is 2.32. The zero-order valence-corrected chi connectivity index (χ0v) is 28.1. The minimum Gasteiger partial charge on any atom is -0.457 e. The average Bonchev–Trinajstić information content (AvgIpc) is 3.53. The van der Waals surface area contributed by atoms with Gasteiger partial charge in [-0.25, -0.2) is 9.67 Å². The maximum absolute atomic E-state index is 6.57. The number of rotatable bonds is 7. The molecule has 3 aromatic heterocycles. The molecular weight excluding hydrogens is 564 g/mol. The van der Waals surface area contributed by atoms with E-state index in [1.165, 1.54) is 34.0 Å². The quantitative estimate of drug-likeness (QED) is 0.169. The zero-order chi connectivity index (χ0) is 32.1. The zero-order valence-electron chi connectivity index (χ0n) is 28.1. The largest absolute Gasteiger partial charge is 0.457 e. The van der Waals surface area contributed by atoms with Crippen LogP contribution in [0.15, 0.2) is 96.7 Å². The van der Waals surface area contributed by atoms with Gasteiger partial charge in [-0.2, -0.15) is 5.10 Å². The van der Waals surface area contributed by atoms with E-state index < -0.39 is 0 Å². The lowest BCUT2D eigenvalue weighted by Crippen LogP contribution is -2.21. The van der Waals surface area contributed by atoms with Gasteiger partial charge in [0, 0.05) is 46.3 Å². The highest BCUT2D eigenvalue weighted by atomic mass is 16.5. The number of hydrogen-bond acceptors (Lipinski definition) is 3. The molecule has 0 radical (unpaired) electrons. The van der Waals surface area contributed by atoms with Crippen LogP contribution in [0.4, 0.5) is 0 Å². The second-order valence-corrected chi connectivity index (χ2v) is 13.5. The lowest BCUT2D eigenvalue weighted by Gasteiger charge is -2.33. The number of hydrogen-bond donors (Lipinski definition) is 0. The Balaban J connectivity index is 1.26. The number of allylic oxidation sites excluding steroid dienone is 2. The van der Waals surface area contributed by atoms with E-state index in [1.54, 1.807) is 5.57 Å². The second kappa shape index (κ2) is 11.9. The topological polar surface area (TPSA) is 44.9 Å². The fourth-order valence-electron chi connectivity index (χ4n) is 7.78. The van der Waals surface area contributed by atoms with Gasteiger partial charge in [0.25, 0.3) is 0 Å². The third-order valence-corrected chi connectivity index (χ3v) is 9.89. The Labute approximate surface area is 272 Å². The van der Waals surface area contributed by atoms with Gasteiger partial charge >= 0.3 is 0 Å². The number of ether oxygens (including phenoxy) is 1. The molecule has 46 heavy (non-hydrogen) atoms. The Morgan fingerprint density at radius 1 is 0.870 bits per heavy atom. The lowest BCUT2D eigenvalue weighted by atomic mass is 9.71. The Morgan fingerprint density at radius 3 is 2.46 bits per heavy atom. The van der Waals surface area contributed by atoms with Gasteiger partial charge in [-0.3, -0.25) is 4.57 Å². The van der Waals surface area contributed by atoms with Gasteiger partial charge in [-0.05, 0) is 92.5 Å². The van der Waals surface area contributed by atoms with E-state index in [2.05, 4.69) is 137 Å². The number of aryl methyl sites for hydroxylation is 1. The third kappa shape index (κ3) is 5.22. The molecule has 3 aromatic carbocycles. The third-order valence-electron chi connectivity index (χ3n) is 9.89. The van der Waals surface area contributed by atoms with Gasteiger partial charge < -0.3 is 4.74 Å². The maximum Gasteiger partial charge on any atom is 0.137 e. The van der Waals surface area contributed by atoms with Crippen molar-refractivity contribution < 1.29 is 4.74 Å². The second-order valence-electron chi connectivity index (χ2n) is 13.5. The molecule has 0 N–H and O–H groups in total. The van der Waals surface area contributed by atoms with E-state index in [1.807, 2.05) is 12.3 Å². The monoisotopic (exact) mass is 608 g/mol. The molecule has 7 rings (SSSR count). The molecule has 5 heteroatoms. The number of nitrogens with zero attached hydrogens (tertiary/aromatic N) is 4. The molecule has 6 aromatic rings. The van der Waals surface area contributed by atoms with Crippen LogP contribution in [0, 0.1) is 25.7 Å². The molecule has 3 atom stereocenters. The fourth-order valence-corrected chi connectivity index (χ4v) is 7.78. The smallest absolute Gasteiger partial charge is 0.137 e. The Bertz CT molecular complexity index is 2100. The number of fused-ring (bicyclic) bond motifs is 3. The van der Waals surface area contributed by atoms with Crippen molar-refractivity contribution >= 4 is 21.8 Å². The van der Waals surface area contributed by atoms with Crippen molar-refractivity contribution in [3.05, 3.63) is 119 Å². The van der Waals surface area contributed by atoms with Crippen LogP contribution >= 0.6 is 0 Å². The average molecular weight is 609 g/mol. The van der Waals surface area contributed by atoms with Crippen molar-refractivity contribution in [2.24, 2.45) is 11.8 Å². The summed E-state index contributed by atoms with van der Waals surface area (Å²) in [4.78, 5) is 4.80. The first-order chi connectivity index (χ1) is 22.2. The first-order valence-electron chi connectivity index (χ1n) is 16.8. The molecule has 0 saturated heterocycles. The Kier molecular flexibility index (Phi) is 7.80. The van der Waals surface area contributed by atoms with Crippen molar-refractivity contribution in [3.8, 4) is 23.0 Å². The minimum absolute atomic E-state index is 0.416. The number of pyridine rings is 1. The molecule has 1 aliphatic carbocycles. The van der Waals surface area contributed by atoms with Crippen molar-refractivity contribution in [1.29, 1.82) is 0 Å². The van der Waals surface area contributed by atoms with Crippen molar-refractivity contribution in [3.63, 3.8) is 0 Å². The molecule has 0 aliphatic heterocycles. The molecule has 3 heterocycles. The summed E-state index contributed by atoms with van der Waals surface area (Å²) in [6.45, 7) is 15.9. The van der Waals surface area contributed by atoms with E-state index in [-0.39, 0.29) is 0 Å². The standard InChI is InChI=1S/C41H44N4O/c1-8-30-21-26(4)20-27(5)40(30)41-28(6)43-45(29(41)7)32-12-11-13-33(23-32)46-34-16-17-36-35-14-9-10-15-37(35)44(38(36)24-34)39-22-31(25(2)3)18-19-42-39/h9-19,21-27,40H,8,20H2,1-7H3/t26-,27+,40?/m1/s1. The number of para-hydroxylation sites is 1. The molecule has 5 nitrogen and oxygen atoms in total. The summed E-state index contributed by atoms with van der Waals surface area (Å²) < 4.78 is 10.9. The molecule has 0 spiro atoms. The number of aromatic nitrogens is 4. The first kappa shape index (κ1) is 30.0. The molecular formula is C41H44N4O. The van der Waals surface area contributed by atoms with Crippen LogP contribution in [0.25, 0.3) is 33.3 Å². The normalized spacial score (nSPS) is 18.4. The summed E-state index contributed by atoms with van der Waals surface area (Å²) in [5.41, 5.74) is 9.73. The van der Waals surface area contributed by atoms with Gasteiger partial charge in [0.1, 0.15) is 17.3 Å². The molecule has 0 bridgehead atoms. The molecule has 0 saturated carbocycles. The summed E-state index contributed by atoms with van der Waals surface area (Å²) in [7, 11) is 0. The first-order valence-corrected chi connectivity index (χ1v) is 16.8. The van der Waals surface area contributed by atoms with Crippen molar-refractivity contribution in [2.45, 2.75) is 73.1 Å². The van der Waals surface area contributed by atoms with Gasteiger partial charge in [-0.15, -0.1) is 0 Å². The summed E-state index contributed by atoms with van der Waals surface area (Å²) >= 11 is 0. The van der Waals surface area contributed by atoms with Gasteiger partial charge in [0.2, 0.25) is 0 Å². The van der Waals surface area contributed by atoms with Gasteiger partial charge in [-0.1, -0.05) is 70.5 Å². The predicted octanol–water partition coefficient (Wildman–Crippen LogP) is 11.0. The molecule has 234 valence electrons. The minimum atomic E-state index is 0.416. The SMILES string of the molecule is CCC1=C[C@H](C)C[C@H](C)C1c1c(C)nn(-c2cccc(Oc3ccc4c5ccccc5n(-c5cc(C(C)C)ccn5)c4c3)c2)c1C. The maximum atomic E-state index is 6.57. The Morgan fingerprint density at radius 2 is 1.65 bits per heavy atom. The lowest BCUT2D eigenvalue weighted by molar-refractivity contribution is 0.384. The molecule has 1 aliphatic rings. The fraction of sp³-hybridized carbons (Fsp3) is 0.317.